The Kier molecular flexibility index (Phi) is 3.04. The molecule has 0 amide bonds. The van der Waals surface area contributed by atoms with Crippen LogP contribution in [0, 0.1) is 6.92 Å². The number of rotatable bonds is 0. The van der Waals surface area contributed by atoms with Gasteiger partial charge in [0.25, 0.3) is 0 Å². The third-order valence-electron chi connectivity index (χ3n) is 5.45. The predicted octanol–water partition coefficient (Wildman–Crippen LogP) is 7.50. The predicted molar refractivity (Wildman–Crippen MR) is 112 cm³/mol. The normalized spacial score (nSPS) is 12.6. The van der Waals surface area contributed by atoms with Crippen LogP contribution in [-0.2, 0) is 5.41 Å². The van der Waals surface area contributed by atoms with Crippen molar-refractivity contribution in [2.75, 3.05) is 0 Å². The fourth-order valence-corrected chi connectivity index (χ4v) is 4.34. The minimum absolute atomic E-state index is 0.0416. The van der Waals surface area contributed by atoms with Gasteiger partial charge in [-0.3, -0.25) is 0 Å². The highest BCUT2D eigenvalue weighted by Crippen LogP contribution is 2.40. The fraction of sp³-hybridized carbons (Fsp3) is 0.200. The van der Waals surface area contributed by atoms with E-state index in [4.69, 9.17) is 4.42 Å². The molecule has 0 unspecified atom stereocenters. The van der Waals surface area contributed by atoms with Crippen molar-refractivity contribution in [3.05, 3.63) is 71.8 Å². The van der Waals surface area contributed by atoms with Gasteiger partial charge in [0.1, 0.15) is 11.2 Å². The summed E-state index contributed by atoms with van der Waals surface area (Å²) in [6, 6.07) is 21.9. The topological polar surface area (TPSA) is 13.1 Å². The third-order valence-corrected chi connectivity index (χ3v) is 5.45. The lowest BCUT2D eigenvalue weighted by atomic mass is 9.83. The molecule has 0 atom stereocenters. The van der Waals surface area contributed by atoms with Gasteiger partial charge in [0.05, 0.1) is 0 Å². The highest BCUT2D eigenvalue weighted by molar-refractivity contribution is 6.17. The first kappa shape index (κ1) is 15.5. The Morgan fingerprint density at radius 2 is 1.31 bits per heavy atom. The van der Waals surface area contributed by atoms with Crippen LogP contribution in [0.15, 0.2) is 65.1 Å². The minimum atomic E-state index is 0.0416. The van der Waals surface area contributed by atoms with Crippen LogP contribution in [0.5, 0.6) is 0 Å². The number of fused-ring (bicyclic) bond motifs is 6. The smallest absolute Gasteiger partial charge is 0.143 e. The van der Waals surface area contributed by atoms with Crippen LogP contribution >= 0.6 is 0 Å². The molecule has 0 spiro atoms. The SMILES string of the molecule is Cc1ccc2c(oc3c4cc5ccccc5cc4ccc23)c1C(C)(C)C. The van der Waals surface area contributed by atoms with Crippen LogP contribution in [0.1, 0.15) is 31.9 Å². The van der Waals surface area contributed by atoms with Gasteiger partial charge in [0.2, 0.25) is 0 Å². The van der Waals surface area contributed by atoms with E-state index in [2.05, 4.69) is 88.4 Å². The zero-order valence-electron chi connectivity index (χ0n) is 15.7. The summed E-state index contributed by atoms with van der Waals surface area (Å²) >= 11 is 0. The van der Waals surface area contributed by atoms with Crippen LogP contribution < -0.4 is 0 Å². The van der Waals surface area contributed by atoms with Gasteiger partial charge < -0.3 is 4.42 Å². The molecule has 1 aromatic heterocycles. The van der Waals surface area contributed by atoms with Gasteiger partial charge in [-0.2, -0.15) is 0 Å². The molecular formula is C25H22O. The lowest BCUT2D eigenvalue weighted by molar-refractivity contribution is 0.570. The van der Waals surface area contributed by atoms with Crippen molar-refractivity contribution >= 4 is 43.5 Å². The van der Waals surface area contributed by atoms with Crippen LogP contribution in [0.25, 0.3) is 43.5 Å². The van der Waals surface area contributed by atoms with E-state index < -0.39 is 0 Å². The van der Waals surface area contributed by atoms with Crippen molar-refractivity contribution in [3.8, 4) is 0 Å². The Hall–Kier alpha value is -2.80. The standard InChI is InChI=1S/C25H22O/c1-15-9-11-20-19-12-10-18-13-16-7-5-6-8-17(16)14-21(18)23(19)26-24(20)22(15)25(2,3)4/h5-14H,1-4H3. The van der Waals surface area contributed by atoms with Gasteiger partial charge in [0.15, 0.2) is 0 Å². The van der Waals surface area contributed by atoms with Gasteiger partial charge in [-0.25, -0.2) is 0 Å². The molecule has 128 valence electrons. The van der Waals surface area contributed by atoms with Crippen molar-refractivity contribution in [2.24, 2.45) is 0 Å². The molecule has 0 radical (unpaired) electrons. The Balaban J connectivity index is 1.98. The van der Waals surface area contributed by atoms with E-state index in [-0.39, 0.29) is 5.41 Å². The maximum atomic E-state index is 6.55. The molecule has 0 saturated heterocycles. The molecule has 5 aromatic rings. The van der Waals surface area contributed by atoms with Crippen LogP contribution in [0.3, 0.4) is 0 Å². The van der Waals surface area contributed by atoms with E-state index >= 15 is 0 Å². The average Bonchev–Trinajstić information content (AvgIpc) is 2.97. The second-order valence-electron chi connectivity index (χ2n) is 8.35. The molecular weight excluding hydrogens is 316 g/mol. The lowest BCUT2D eigenvalue weighted by Crippen LogP contribution is -2.13. The summed E-state index contributed by atoms with van der Waals surface area (Å²) in [5.74, 6) is 0. The van der Waals surface area contributed by atoms with Crippen LogP contribution in [-0.4, -0.2) is 0 Å². The molecule has 1 heterocycles. The third kappa shape index (κ3) is 2.10. The highest BCUT2D eigenvalue weighted by Gasteiger charge is 2.23. The number of benzene rings is 4. The molecule has 0 aliphatic heterocycles. The van der Waals surface area contributed by atoms with Crippen molar-refractivity contribution in [1.29, 1.82) is 0 Å². The Bertz CT molecular complexity index is 1310. The number of furan rings is 1. The van der Waals surface area contributed by atoms with Crippen molar-refractivity contribution in [2.45, 2.75) is 33.1 Å². The molecule has 0 aliphatic rings. The Morgan fingerprint density at radius 3 is 2.04 bits per heavy atom. The second-order valence-corrected chi connectivity index (χ2v) is 8.35. The van der Waals surface area contributed by atoms with E-state index in [1.165, 1.54) is 43.4 Å². The summed E-state index contributed by atoms with van der Waals surface area (Å²) in [6.07, 6.45) is 0. The summed E-state index contributed by atoms with van der Waals surface area (Å²) in [7, 11) is 0. The zero-order valence-corrected chi connectivity index (χ0v) is 15.7. The van der Waals surface area contributed by atoms with Crippen molar-refractivity contribution < 1.29 is 4.42 Å². The van der Waals surface area contributed by atoms with Crippen LogP contribution in [0.2, 0.25) is 0 Å². The lowest BCUT2D eigenvalue weighted by Gasteiger charge is -2.21. The minimum Gasteiger partial charge on any atom is -0.455 e. The summed E-state index contributed by atoms with van der Waals surface area (Å²) < 4.78 is 6.55. The van der Waals surface area contributed by atoms with Crippen LogP contribution in [0.4, 0.5) is 0 Å². The summed E-state index contributed by atoms with van der Waals surface area (Å²) in [5.41, 5.74) is 4.67. The van der Waals surface area contributed by atoms with E-state index in [1.54, 1.807) is 0 Å². The average molecular weight is 338 g/mol. The van der Waals surface area contributed by atoms with E-state index in [9.17, 15) is 0 Å². The first-order valence-electron chi connectivity index (χ1n) is 9.21. The van der Waals surface area contributed by atoms with E-state index in [0.29, 0.717) is 0 Å². The number of hydrogen-bond acceptors (Lipinski definition) is 1. The first-order valence-corrected chi connectivity index (χ1v) is 9.21. The first-order chi connectivity index (χ1) is 12.4. The van der Waals surface area contributed by atoms with E-state index in [1.807, 2.05) is 0 Å². The largest absolute Gasteiger partial charge is 0.455 e. The number of aryl methyl sites for hydroxylation is 1. The molecule has 0 N–H and O–H groups in total. The summed E-state index contributed by atoms with van der Waals surface area (Å²) in [5, 5.41) is 7.35. The maximum Gasteiger partial charge on any atom is 0.143 e. The quantitative estimate of drug-likeness (QED) is 0.266. The molecule has 0 aliphatic carbocycles. The summed E-state index contributed by atoms with van der Waals surface area (Å²) in [4.78, 5) is 0. The zero-order chi connectivity index (χ0) is 18.1. The van der Waals surface area contributed by atoms with Gasteiger partial charge in [-0.1, -0.05) is 63.2 Å². The van der Waals surface area contributed by atoms with Crippen molar-refractivity contribution in [1.82, 2.24) is 0 Å². The summed E-state index contributed by atoms with van der Waals surface area (Å²) in [6.45, 7) is 8.95. The van der Waals surface area contributed by atoms with Crippen molar-refractivity contribution in [3.63, 3.8) is 0 Å². The van der Waals surface area contributed by atoms with Gasteiger partial charge in [-0.05, 0) is 52.3 Å². The van der Waals surface area contributed by atoms with Gasteiger partial charge >= 0.3 is 0 Å². The molecule has 1 nitrogen and oxygen atoms in total. The van der Waals surface area contributed by atoms with Gasteiger partial charge in [-0.15, -0.1) is 0 Å². The Morgan fingerprint density at radius 1 is 0.654 bits per heavy atom. The molecule has 0 bridgehead atoms. The molecule has 5 rings (SSSR count). The highest BCUT2D eigenvalue weighted by atomic mass is 16.3. The second kappa shape index (κ2) is 5.11. The molecule has 0 saturated carbocycles. The number of hydrogen-bond donors (Lipinski definition) is 0. The Labute approximate surface area is 153 Å². The van der Waals surface area contributed by atoms with E-state index in [0.717, 1.165) is 11.2 Å². The molecule has 4 aromatic carbocycles. The monoisotopic (exact) mass is 338 g/mol. The maximum absolute atomic E-state index is 6.55. The molecule has 26 heavy (non-hydrogen) atoms. The van der Waals surface area contributed by atoms with Gasteiger partial charge in [0, 0.05) is 21.7 Å². The fourth-order valence-electron chi connectivity index (χ4n) is 4.34. The molecule has 1 heteroatoms. The molecule has 0 fully saturated rings.